The van der Waals surface area contributed by atoms with Gasteiger partial charge in [0.25, 0.3) is 0 Å². The van der Waals surface area contributed by atoms with Crippen molar-refractivity contribution in [3.05, 3.63) is 53.4 Å². The third-order valence-electron chi connectivity index (χ3n) is 4.13. The predicted octanol–water partition coefficient (Wildman–Crippen LogP) is 2.93. The van der Waals surface area contributed by atoms with Crippen LogP contribution in [0.25, 0.3) is 0 Å². The summed E-state index contributed by atoms with van der Waals surface area (Å²) in [6.45, 7) is 2.35. The Morgan fingerprint density at radius 2 is 2.04 bits per heavy atom. The molecule has 0 N–H and O–H groups in total. The van der Waals surface area contributed by atoms with Crippen molar-refractivity contribution in [2.24, 2.45) is 10.3 Å². The molecule has 136 valence electrons. The second-order valence-electron chi connectivity index (χ2n) is 6.07. The summed E-state index contributed by atoms with van der Waals surface area (Å²) in [6, 6.07) is 6.00. The van der Waals surface area contributed by atoms with Crippen LogP contribution in [0, 0.1) is 0 Å². The molecular formula is C19H23N5O2. The summed E-state index contributed by atoms with van der Waals surface area (Å²) in [4.78, 5) is 23.4. The summed E-state index contributed by atoms with van der Waals surface area (Å²) in [6.07, 6.45) is 8.07. The van der Waals surface area contributed by atoms with Crippen LogP contribution in [-0.2, 0) is 22.5 Å². The van der Waals surface area contributed by atoms with E-state index < -0.39 is 0 Å². The molecule has 0 aliphatic heterocycles. The van der Waals surface area contributed by atoms with E-state index in [-0.39, 0.29) is 0 Å². The van der Waals surface area contributed by atoms with Gasteiger partial charge in [0.1, 0.15) is 25.1 Å². The zero-order valence-electron chi connectivity index (χ0n) is 15.2. The maximum atomic E-state index is 5.38. The van der Waals surface area contributed by atoms with E-state index in [4.69, 9.17) is 14.7 Å². The van der Waals surface area contributed by atoms with Crippen LogP contribution in [0.4, 0.5) is 0 Å². The molecule has 2 heterocycles. The highest BCUT2D eigenvalue weighted by atomic mass is 16.6. The van der Waals surface area contributed by atoms with E-state index >= 15 is 0 Å². The minimum Gasteiger partial charge on any atom is -0.399 e. The van der Waals surface area contributed by atoms with Gasteiger partial charge in [0.2, 0.25) is 0 Å². The molecule has 26 heavy (non-hydrogen) atoms. The zero-order chi connectivity index (χ0) is 18.2. The van der Waals surface area contributed by atoms with Crippen LogP contribution >= 0.6 is 0 Å². The number of hydrogen-bond acceptors (Lipinski definition) is 7. The second-order valence-corrected chi connectivity index (χ2v) is 6.07. The van der Waals surface area contributed by atoms with Crippen molar-refractivity contribution >= 4 is 11.4 Å². The Kier molecular flexibility index (Phi) is 6.24. The second kappa shape index (κ2) is 9.03. The van der Waals surface area contributed by atoms with Crippen LogP contribution in [0.2, 0.25) is 0 Å². The first kappa shape index (κ1) is 18.0. The predicted molar refractivity (Wildman–Crippen MR) is 99.2 cm³/mol. The van der Waals surface area contributed by atoms with Gasteiger partial charge in [0.05, 0.1) is 5.69 Å². The monoisotopic (exact) mass is 353 g/mol. The highest BCUT2D eigenvalue weighted by Gasteiger charge is 2.18. The number of aromatic nitrogens is 3. The number of aryl methyl sites for hydroxylation is 2. The molecule has 0 saturated carbocycles. The van der Waals surface area contributed by atoms with Gasteiger partial charge in [-0.15, -0.1) is 0 Å². The van der Waals surface area contributed by atoms with E-state index in [1.807, 2.05) is 6.92 Å². The third-order valence-corrected chi connectivity index (χ3v) is 4.13. The van der Waals surface area contributed by atoms with Crippen LogP contribution in [0.3, 0.4) is 0 Å². The highest BCUT2D eigenvalue weighted by Crippen LogP contribution is 2.21. The normalized spacial score (nSPS) is 15.6. The van der Waals surface area contributed by atoms with Crippen molar-refractivity contribution in [2.45, 2.75) is 39.0 Å². The summed E-state index contributed by atoms with van der Waals surface area (Å²) in [7, 11) is 1.57. The lowest BCUT2D eigenvalue weighted by Gasteiger charge is -2.17. The standard InChI is InChI=1S/C19H23N5O2/c1-14(19-20-11-5-12-21-19)23-26-13-4-7-16-10-9-15-6-3-8-17(24-25-2)18(15)22-16/h5,9-12H,3-4,6-8,13H2,1-2H3/b23-14+,24-17+. The Labute approximate surface area is 153 Å². The first-order chi connectivity index (χ1) is 12.8. The fourth-order valence-electron chi connectivity index (χ4n) is 2.87. The van der Waals surface area contributed by atoms with Crippen LogP contribution in [-0.4, -0.2) is 40.1 Å². The molecule has 0 saturated heterocycles. The van der Waals surface area contributed by atoms with Gasteiger partial charge in [-0.05, 0) is 56.7 Å². The summed E-state index contributed by atoms with van der Waals surface area (Å²) < 4.78 is 0. The number of fused-ring (bicyclic) bond motifs is 1. The summed E-state index contributed by atoms with van der Waals surface area (Å²) in [5, 5.41) is 8.19. The van der Waals surface area contributed by atoms with Crippen molar-refractivity contribution in [1.29, 1.82) is 0 Å². The van der Waals surface area contributed by atoms with Crippen molar-refractivity contribution in [3.63, 3.8) is 0 Å². The van der Waals surface area contributed by atoms with Crippen molar-refractivity contribution in [1.82, 2.24) is 15.0 Å². The van der Waals surface area contributed by atoms with Crippen molar-refractivity contribution in [2.75, 3.05) is 13.7 Å². The maximum Gasteiger partial charge on any atom is 0.176 e. The van der Waals surface area contributed by atoms with Gasteiger partial charge in [-0.1, -0.05) is 16.4 Å². The molecule has 0 amide bonds. The molecule has 0 atom stereocenters. The number of rotatable bonds is 7. The quantitative estimate of drug-likeness (QED) is 0.434. The van der Waals surface area contributed by atoms with Crippen molar-refractivity contribution < 1.29 is 9.68 Å². The third kappa shape index (κ3) is 4.62. The Morgan fingerprint density at radius 3 is 2.85 bits per heavy atom. The molecule has 0 bridgehead atoms. The molecule has 2 aromatic rings. The van der Waals surface area contributed by atoms with E-state index in [9.17, 15) is 0 Å². The maximum absolute atomic E-state index is 5.38. The minimum absolute atomic E-state index is 0.516. The number of pyridine rings is 1. The molecule has 0 aromatic carbocycles. The van der Waals surface area contributed by atoms with E-state index in [1.54, 1.807) is 25.6 Å². The van der Waals surface area contributed by atoms with Gasteiger partial charge >= 0.3 is 0 Å². The number of nitrogens with zero attached hydrogens (tertiary/aromatic N) is 5. The summed E-state index contributed by atoms with van der Waals surface area (Å²) >= 11 is 0. The SMILES string of the molecule is CO/N=C1\CCCc2ccc(CCCO/N=C(\C)c3ncccn3)nc21. The van der Waals surface area contributed by atoms with E-state index in [1.165, 1.54) is 5.56 Å². The number of hydrogen-bond donors (Lipinski definition) is 0. The van der Waals surface area contributed by atoms with Gasteiger partial charge < -0.3 is 9.68 Å². The Balaban J connectivity index is 1.53. The molecule has 0 fully saturated rings. The molecule has 1 aliphatic rings. The first-order valence-corrected chi connectivity index (χ1v) is 8.81. The lowest BCUT2D eigenvalue weighted by atomic mass is 9.94. The molecule has 2 aromatic heterocycles. The molecule has 0 spiro atoms. The van der Waals surface area contributed by atoms with Crippen LogP contribution < -0.4 is 0 Å². The van der Waals surface area contributed by atoms with Crippen molar-refractivity contribution in [3.8, 4) is 0 Å². The Bertz CT molecular complexity index is 790. The Hall–Kier alpha value is -2.83. The first-order valence-electron chi connectivity index (χ1n) is 8.81. The molecule has 3 rings (SSSR count). The average Bonchev–Trinajstić information content (AvgIpc) is 2.69. The Morgan fingerprint density at radius 1 is 1.19 bits per heavy atom. The largest absolute Gasteiger partial charge is 0.399 e. The lowest BCUT2D eigenvalue weighted by Crippen LogP contribution is -2.15. The van der Waals surface area contributed by atoms with Crippen LogP contribution in [0.1, 0.15) is 49.0 Å². The summed E-state index contributed by atoms with van der Waals surface area (Å²) in [5.41, 5.74) is 4.86. The van der Waals surface area contributed by atoms with Gasteiger partial charge in [0, 0.05) is 18.1 Å². The molecule has 7 heteroatoms. The van der Waals surface area contributed by atoms with Crippen LogP contribution in [0.15, 0.2) is 40.9 Å². The lowest BCUT2D eigenvalue weighted by molar-refractivity contribution is 0.141. The topological polar surface area (TPSA) is 81.9 Å². The fraction of sp³-hybridized carbons (Fsp3) is 0.421. The summed E-state index contributed by atoms with van der Waals surface area (Å²) in [5.74, 6) is 0.578. The fourth-order valence-corrected chi connectivity index (χ4v) is 2.87. The molecule has 0 unspecified atom stereocenters. The highest BCUT2D eigenvalue weighted by molar-refractivity contribution is 6.00. The number of oxime groups is 2. The van der Waals surface area contributed by atoms with Gasteiger partial charge in [0.15, 0.2) is 5.82 Å². The minimum atomic E-state index is 0.516. The smallest absolute Gasteiger partial charge is 0.176 e. The average molecular weight is 353 g/mol. The van der Waals surface area contributed by atoms with Crippen LogP contribution in [0.5, 0.6) is 0 Å². The zero-order valence-corrected chi connectivity index (χ0v) is 15.2. The van der Waals surface area contributed by atoms with Gasteiger partial charge in [-0.25, -0.2) is 9.97 Å². The van der Waals surface area contributed by atoms with E-state index in [0.29, 0.717) is 18.1 Å². The van der Waals surface area contributed by atoms with E-state index in [0.717, 1.165) is 49.2 Å². The molecule has 7 nitrogen and oxygen atoms in total. The van der Waals surface area contributed by atoms with Gasteiger partial charge in [-0.3, -0.25) is 4.98 Å². The van der Waals surface area contributed by atoms with E-state index in [2.05, 4.69) is 32.4 Å². The molecule has 1 aliphatic carbocycles. The van der Waals surface area contributed by atoms with Gasteiger partial charge in [-0.2, -0.15) is 0 Å². The molecular weight excluding hydrogens is 330 g/mol. The molecule has 0 radical (unpaired) electrons.